The first kappa shape index (κ1) is 23.6. The van der Waals surface area contributed by atoms with Crippen LogP contribution < -0.4 is 9.64 Å². The molecule has 0 saturated heterocycles. The molecule has 0 atom stereocenters. The number of hydrogen-bond acceptors (Lipinski definition) is 2. The zero-order valence-electron chi connectivity index (χ0n) is 23.6. The third kappa shape index (κ3) is 2.84. The Morgan fingerprint density at radius 1 is 0.452 bits per heavy atom. The lowest BCUT2D eigenvalue weighted by Crippen LogP contribution is -2.40. The van der Waals surface area contributed by atoms with Crippen LogP contribution >= 0.6 is 0 Å². The minimum atomic E-state index is -0.381. The van der Waals surface area contributed by atoms with Gasteiger partial charge in [0.15, 0.2) is 11.5 Å². The fraction of sp³-hybridized carbons (Fsp3) is 0.100. The highest BCUT2D eigenvalue weighted by atomic mass is 16.5. The summed E-state index contributed by atoms with van der Waals surface area (Å²) in [5.74, 6) is 1.73. The van der Waals surface area contributed by atoms with Crippen LogP contribution in [0.1, 0.15) is 47.2 Å². The summed E-state index contributed by atoms with van der Waals surface area (Å²) in [6.07, 6.45) is 0. The van der Waals surface area contributed by atoms with Crippen molar-refractivity contribution in [3.8, 4) is 22.6 Å². The van der Waals surface area contributed by atoms with Crippen molar-refractivity contribution in [1.29, 1.82) is 0 Å². The standard InChI is InChI=1S/C40H29NO/c1-39(2)31-15-5-7-17-33(31)40(34-18-8-6-16-32(34)39)29-14-4-3-13-27(29)28-25-26(23-24-30(28)40)41-35-19-9-11-21-37(35)42-38-22-12-10-20-36(38)41/h3-25H,1-2H3. The van der Waals surface area contributed by atoms with E-state index < -0.39 is 0 Å². The molecule has 1 aliphatic heterocycles. The van der Waals surface area contributed by atoms with E-state index in [1.54, 1.807) is 0 Å². The van der Waals surface area contributed by atoms with Gasteiger partial charge in [0.2, 0.25) is 0 Å². The summed E-state index contributed by atoms with van der Waals surface area (Å²) in [6.45, 7) is 4.74. The van der Waals surface area contributed by atoms with Gasteiger partial charge in [-0.05, 0) is 80.9 Å². The minimum absolute atomic E-state index is 0.0999. The molecule has 0 N–H and O–H groups in total. The van der Waals surface area contributed by atoms with Gasteiger partial charge >= 0.3 is 0 Å². The lowest BCUT2D eigenvalue weighted by Gasteiger charge is -2.46. The summed E-state index contributed by atoms with van der Waals surface area (Å²) in [6, 6.07) is 50.9. The van der Waals surface area contributed by atoms with E-state index in [2.05, 4.69) is 134 Å². The maximum atomic E-state index is 6.32. The van der Waals surface area contributed by atoms with Gasteiger partial charge in [0.25, 0.3) is 0 Å². The van der Waals surface area contributed by atoms with Gasteiger partial charge in [-0.1, -0.05) is 117 Å². The maximum Gasteiger partial charge on any atom is 0.151 e. The van der Waals surface area contributed by atoms with Crippen LogP contribution in [0.25, 0.3) is 11.1 Å². The van der Waals surface area contributed by atoms with Crippen LogP contribution in [0.5, 0.6) is 11.5 Å². The van der Waals surface area contributed by atoms with Gasteiger partial charge in [-0.2, -0.15) is 0 Å². The molecule has 6 aromatic carbocycles. The van der Waals surface area contributed by atoms with Gasteiger partial charge in [0, 0.05) is 11.1 Å². The molecule has 2 aliphatic carbocycles. The van der Waals surface area contributed by atoms with Gasteiger partial charge < -0.3 is 9.64 Å². The van der Waals surface area contributed by atoms with Gasteiger partial charge in [-0.3, -0.25) is 0 Å². The van der Waals surface area contributed by atoms with E-state index in [1.807, 2.05) is 24.3 Å². The van der Waals surface area contributed by atoms with Crippen molar-refractivity contribution in [2.24, 2.45) is 0 Å². The first-order valence-electron chi connectivity index (χ1n) is 14.7. The molecule has 200 valence electrons. The number of ether oxygens (including phenoxy) is 1. The lowest BCUT2D eigenvalue weighted by atomic mass is 9.55. The van der Waals surface area contributed by atoms with Crippen LogP contribution in [0.3, 0.4) is 0 Å². The minimum Gasteiger partial charge on any atom is -0.453 e. The van der Waals surface area contributed by atoms with Crippen molar-refractivity contribution in [2.75, 3.05) is 4.90 Å². The predicted octanol–water partition coefficient (Wildman–Crippen LogP) is 10.3. The Morgan fingerprint density at radius 2 is 0.929 bits per heavy atom. The largest absolute Gasteiger partial charge is 0.453 e. The SMILES string of the molecule is CC1(C)c2ccccc2C2(c3ccccc3-c3cc(N4c5ccccc5Oc5ccccc54)ccc32)c2ccccc21. The molecule has 0 unspecified atom stereocenters. The van der Waals surface area contributed by atoms with Crippen LogP contribution in [-0.4, -0.2) is 0 Å². The van der Waals surface area contributed by atoms with Gasteiger partial charge in [-0.25, -0.2) is 0 Å². The highest BCUT2D eigenvalue weighted by Gasteiger charge is 2.53. The Bertz CT molecular complexity index is 1970. The highest BCUT2D eigenvalue weighted by Crippen LogP contribution is 2.63. The van der Waals surface area contributed by atoms with E-state index in [9.17, 15) is 0 Å². The molecule has 1 spiro atoms. The molecule has 3 aliphatic rings. The number of nitrogens with zero attached hydrogens (tertiary/aromatic N) is 1. The van der Waals surface area contributed by atoms with Crippen LogP contribution in [0.15, 0.2) is 140 Å². The Balaban J connectivity index is 1.36. The zero-order chi connectivity index (χ0) is 28.1. The van der Waals surface area contributed by atoms with Crippen molar-refractivity contribution in [1.82, 2.24) is 0 Å². The topological polar surface area (TPSA) is 12.5 Å². The molecule has 6 aromatic rings. The number of benzene rings is 6. The number of anilines is 3. The Kier molecular flexibility index (Phi) is 4.63. The van der Waals surface area contributed by atoms with E-state index in [4.69, 9.17) is 4.74 Å². The molecule has 0 bridgehead atoms. The molecule has 2 heteroatoms. The fourth-order valence-corrected chi connectivity index (χ4v) is 7.97. The lowest BCUT2D eigenvalue weighted by molar-refractivity contribution is 0.477. The number of rotatable bonds is 1. The first-order chi connectivity index (χ1) is 20.6. The molecule has 0 radical (unpaired) electrons. The first-order valence-corrected chi connectivity index (χ1v) is 14.7. The summed E-state index contributed by atoms with van der Waals surface area (Å²) < 4.78 is 6.32. The summed E-state index contributed by atoms with van der Waals surface area (Å²) in [5, 5.41) is 0. The van der Waals surface area contributed by atoms with E-state index in [0.717, 1.165) is 28.6 Å². The van der Waals surface area contributed by atoms with Gasteiger partial charge in [-0.15, -0.1) is 0 Å². The average Bonchev–Trinajstić information content (AvgIpc) is 3.33. The Labute approximate surface area is 246 Å². The smallest absolute Gasteiger partial charge is 0.151 e. The van der Waals surface area contributed by atoms with Crippen molar-refractivity contribution >= 4 is 17.1 Å². The Hall–Kier alpha value is -5.08. The molecular formula is C40H29NO. The van der Waals surface area contributed by atoms with Crippen LogP contribution in [0.2, 0.25) is 0 Å². The summed E-state index contributed by atoms with van der Waals surface area (Å²) >= 11 is 0. The van der Waals surface area contributed by atoms with Gasteiger partial charge in [0.1, 0.15) is 0 Å². The third-order valence-corrected chi connectivity index (χ3v) is 9.73. The van der Waals surface area contributed by atoms with Crippen molar-refractivity contribution in [3.05, 3.63) is 173 Å². The van der Waals surface area contributed by atoms with Gasteiger partial charge in [0.05, 0.1) is 16.8 Å². The zero-order valence-corrected chi connectivity index (χ0v) is 23.6. The second-order valence-corrected chi connectivity index (χ2v) is 12.1. The maximum absolute atomic E-state index is 6.32. The second kappa shape index (κ2) is 8.24. The molecule has 1 heterocycles. The number of fused-ring (bicyclic) bond motifs is 11. The van der Waals surface area contributed by atoms with Crippen molar-refractivity contribution in [2.45, 2.75) is 24.7 Å². The summed E-state index contributed by atoms with van der Waals surface area (Å²) in [7, 11) is 0. The monoisotopic (exact) mass is 539 g/mol. The quantitative estimate of drug-likeness (QED) is 0.206. The molecule has 0 saturated carbocycles. The molecule has 2 nitrogen and oxygen atoms in total. The predicted molar refractivity (Wildman–Crippen MR) is 171 cm³/mol. The molecule has 42 heavy (non-hydrogen) atoms. The van der Waals surface area contributed by atoms with E-state index in [0.29, 0.717) is 0 Å². The second-order valence-electron chi connectivity index (χ2n) is 12.1. The number of hydrogen-bond donors (Lipinski definition) is 0. The highest BCUT2D eigenvalue weighted by molar-refractivity contribution is 5.93. The van der Waals surface area contributed by atoms with Crippen LogP contribution in [0, 0.1) is 0 Å². The molecular weight excluding hydrogens is 510 g/mol. The average molecular weight is 540 g/mol. The fourth-order valence-electron chi connectivity index (χ4n) is 7.97. The molecule has 0 amide bonds. The van der Waals surface area contributed by atoms with Crippen molar-refractivity contribution < 1.29 is 4.74 Å². The summed E-state index contributed by atoms with van der Waals surface area (Å²) in [4.78, 5) is 2.34. The summed E-state index contributed by atoms with van der Waals surface area (Å²) in [5.41, 5.74) is 13.6. The van der Waals surface area contributed by atoms with E-state index >= 15 is 0 Å². The molecule has 0 aromatic heterocycles. The molecule has 9 rings (SSSR count). The third-order valence-electron chi connectivity index (χ3n) is 9.73. The van der Waals surface area contributed by atoms with E-state index in [1.165, 1.54) is 44.5 Å². The van der Waals surface area contributed by atoms with Crippen molar-refractivity contribution in [3.63, 3.8) is 0 Å². The molecule has 0 fully saturated rings. The van der Waals surface area contributed by atoms with E-state index in [-0.39, 0.29) is 10.8 Å². The van der Waals surface area contributed by atoms with Crippen LogP contribution in [0.4, 0.5) is 17.1 Å². The Morgan fingerprint density at radius 3 is 1.55 bits per heavy atom. The normalized spacial score (nSPS) is 15.9. The van der Waals surface area contributed by atoms with Crippen LogP contribution in [-0.2, 0) is 10.8 Å². The number of para-hydroxylation sites is 4.